The number of hydrogen-bond donors (Lipinski definition) is 2. The molecule has 0 aromatic rings. The van der Waals surface area contributed by atoms with Gasteiger partial charge in [-0.05, 0) is 39.7 Å². The van der Waals surface area contributed by atoms with Gasteiger partial charge in [-0.15, -0.1) is 0 Å². The van der Waals surface area contributed by atoms with Crippen LogP contribution in [0.1, 0.15) is 39.5 Å². The Hall–Kier alpha value is -0.0800. The standard InChI is InChI=1S/C10H20N2/c1-10(2)6-7-11-8-4-3-5-9(8)12-10/h8-9,11-12H,3-7H2,1-2H3. The summed E-state index contributed by atoms with van der Waals surface area (Å²) in [6.07, 6.45) is 5.38. The fourth-order valence-corrected chi connectivity index (χ4v) is 2.52. The fourth-order valence-electron chi connectivity index (χ4n) is 2.52. The van der Waals surface area contributed by atoms with Crippen LogP contribution in [-0.2, 0) is 0 Å². The van der Waals surface area contributed by atoms with Crippen molar-refractivity contribution in [2.45, 2.75) is 57.2 Å². The van der Waals surface area contributed by atoms with Crippen molar-refractivity contribution in [2.24, 2.45) is 0 Å². The third-order valence-corrected chi connectivity index (χ3v) is 3.25. The third-order valence-electron chi connectivity index (χ3n) is 3.25. The molecule has 0 aromatic carbocycles. The Bertz CT molecular complexity index is 165. The van der Waals surface area contributed by atoms with Gasteiger partial charge in [0.2, 0.25) is 0 Å². The zero-order valence-electron chi connectivity index (χ0n) is 8.19. The molecule has 1 aliphatic carbocycles. The van der Waals surface area contributed by atoms with Crippen LogP contribution >= 0.6 is 0 Å². The molecule has 0 bridgehead atoms. The molecule has 70 valence electrons. The van der Waals surface area contributed by atoms with Gasteiger partial charge in [-0.1, -0.05) is 6.42 Å². The topological polar surface area (TPSA) is 24.1 Å². The number of nitrogens with one attached hydrogen (secondary N) is 2. The smallest absolute Gasteiger partial charge is 0.0226 e. The highest BCUT2D eigenvalue weighted by Gasteiger charge is 2.33. The van der Waals surface area contributed by atoms with Crippen LogP contribution in [0.4, 0.5) is 0 Å². The minimum absolute atomic E-state index is 0.344. The summed E-state index contributed by atoms with van der Waals surface area (Å²) in [5.74, 6) is 0. The first-order valence-corrected chi connectivity index (χ1v) is 5.18. The quantitative estimate of drug-likeness (QED) is 0.569. The highest BCUT2D eigenvalue weighted by molar-refractivity contribution is 4.96. The van der Waals surface area contributed by atoms with Gasteiger partial charge in [0, 0.05) is 17.6 Å². The molecule has 2 nitrogen and oxygen atoms in total. The second-order valence-electron chi connectivity index (χ2n) is 4.88. The summed E-state index contributed by atoms with van der Waals surface area (Å²) < 4.78 is 0. The summed E-state index contributed by atoms with van der Waals surface area (Å²) in [6, 6.07) is 1.49. The molecular formula is C10H20N2. The Morgan fingerprint density at radius 3 is 2.75 bits per heavy atom. The number of rotatable bonds is 0. The van der Waals surface area contributed by atoms with Gasteiger partial charge in [0.1, 0.15) is 0 Å². The van der Waals surface area contributed by atoms with Crippen LogP contribution < -0.4 is 10.6 Å². The lowest BCUT2D eigenvalue weighted by atomic mass is 10.00. The molecule has 0 spiro atoms. The van der Waals surface area contributed by atoms with Crippen LogP contribution in [0.15, 0.2) is 0 Å². The predicted octanol–water partition coefficient (Wildman–Crippen LogP) is 1.27. The Labute approximate surface area is 75.1 Å². The molecule has 2 unspecified atom stereocenters. The molecule has 0 radical (unpaired) electrons. The van der Waals surface area contributed by atoms with Crippen molar-refractivity contribution in [3.8, 4) is 0 Å². The Balaban J connectivity index is 2.04. The predicted molar refractivity (Wildman–Crippen MR) is 51.3 cm³/mol. The molecule has 2 fully saturated rings. The lowest BCUT2D eigenvalue weighted by molar-refractivity contribution is 0.334. The lowest BCUT2D eigenvalue weighted by Crippen LogP contribution is -2.48. The van der Waals surface area contributed by atoms with E-state index in [-0.39, 0.29) is 0 Å². The van der Waals surface area contributed by atoms with Gasteiger partial charge >= 0.3 is 0 Å². The summed E-state index contributed by atoms with van der Waals surface area (Å²) in [5, 5.41) is 7.39. The van der Waals surface area contributed by atoms with E-state index >= 15 is 0 Å². The summed E-state index contributed by atoms with van der Waals surface area (Å²) in [6.45, 7) is 5.81. The number of fused-ring (bicyclic) bond motifs is 1. The van der Waals surface area contributed by atoms with Gasteiger partial charge < -0.3 is 10.6 Å². The van der Waals surface area contributed by atoms with Gasteiger partial charge in [-0.2, -0.15) is 0 Å². The first-order chi connectivity index (χ1) is 5.67. The Morgan fingerprint density at radius 2 is 1.92 bits per heavy atom. The Morgan fingerprint density at radius 1 is 1.17 bits per heavy atom. The van der Waals surface area contributed by atoms with E-state index in [1.165, 1.54) is 32.2 Å². The molecule has 1 heterocycles. The summed E-state index contributed by atoms with van der Waals surface area (Å²) in [4.78, 5) is 0. The molecule has 2 rings (SSSR count). The average Bonchev–Trinajstić information content (AvgIpc) is 2.31. The van der Waals surface area contributed by atoms with Gasteiger partial charge in [0.25, 0.3) is 0 Å². The van der Waals surface area contributed by atoms with E-state index in [0.717, 1.165) is 12.1 Å². The summed E-state index contributed by atoms with van der Waals surface area (Å²) in [5.41, 5.74) is 0.344. The van der Waals surface area contributed by atoms with Crippen LogP contribution in [0.25, 0.3) is 0 Å². The maximum absolute atomic E-state index is 3.75. The Kier molecular flexibility index (Phi) is 2.13. The molecule has 2 aliphatic rings. The molecule has 2 atom stereocenters. The highest BCUT2D eigenvalue weighted by Crippen LogP contribution is 2.24. The summed E-state index contributed by atoms with van der Waals surface area (Å²) in [7, 11) is 0. The molecule has 2 N–H and O–H groups in total. The first kappa shape index (κ1) is 8.52. The summed E-state index contributed by atoms with van der Waals surface area (Å²) >= 11 is 0. The molecule has 1 saturated carbocycles. The van der Waals surface area contributed by atoms with Crippen molar-refractivity contribution in [3.63, 3.8) is 0 Å². The monoisotopic (exact) mass is 168 g/mol. The van der Waals surface area contributed by atoms with Crippen molar-refractivity contribution in [2.75, 3.05) is 6.54 Å². The SMILES string of the molecule is CC1(C)CCNC2CCCC2N1. The molecule has 1 aliphatic heterocycles. The first-order valence-electron chi connectivity index (χ1n) is 5.18. The van der Waals surface area contributed by atoms with Gasteiger partial charge in [-0.25, -0.2) is 0 Å². The van der Waals surface area contributed by atoms with Crippen LogP contribution in [-0.4, -0.2) is 24.2 Å². The van der Waals surface area contributed by atoms with Crippen LogP contribution in [0.3, 0.4) is 0 Å². The maximum Gasteiger partial charge on any atom is 0.0226 e. The molecule has 0 amide bonds. The average molecular weight is 168 g/mol. The van der Waals surface area contributed by atoms with Crippen LogP contribution in [0, 0.1) is 0 Å². The largest absolute Gasteiger partial charge is 0.312 e. The van der Waals surface area contributed by atoms with E-state index in [0.29, 0.717) is 5.54 Å². The molecule has 12 heavy (non-hydrogen) atoms. The third kappa shape index (κ3) is 1.64. The maximum atomic E-state index is 3.75. The van der Waals surface area contributed by atoms with Crippen LogP contribution in [0.5, 0.6) is 0 Å². The van der Waals surface area contributed by atoms with E-state index in [4.69, 9.17) is 0 Å². The molecule has 1 saturated heterocycles. The van der Waals surface area contributed by atoms with Crippen molar-refractivity contribution in [1.29, 1.82) is 0 Å². The van der Waals surface area contributed by atoms with E-state index in [1.54, 1.807) is 0 Å². The zero-order valence-corrected chi connectivity index (χ0v) is 8.19. The molecule has 0 aromatic heterocycles. The van der Waals surface area contributed by atoms with Gasteiger partial charge in [-0.3, -0.25) is 0 Å². The van der Waals surface area contributed by atoms with Crippen molar-refractivity contribution < 1.29 is 0 Å². The van der Waals surface area contributed by atoms with Crippen molar-refractivity contribution >= 4 is 0 Å². The van der Waals surface area contributed by atoms with Gasteiger partial charge in [0.05, 0.1) is 0 Å². The van der Waals surface area contributed by atoms with Crippen LogP contribution in [0.2, 0.25) is 0 Å². The van der Waals surface area contributed by atoms with E-state index in [2.05, 4.69) is 24.5 Å². The molecule has 2 heteroatoms. The molecular weight excluding hydrogens is 148 g/mol. The lowest BCUT2D eigenvalue weighted by Gasteiger charge is -2.28. The highest BCUT2D eigenvalue weighted by atomic mass is 15.1. The van der Waals surface area contributed by atoms with E-state index in [1.807, 2.05) is 0 Å². The van der Waals surface area contributed by atoms with Crippen molar-refractivity contribution in [1.82, 2.24) is 10.6 Å². The normalized spacial score (nSPS) is 40.5. The second-order valence-corrected chi connectivity index (χ2v) is 4.88. The minimum atomic E-state index is 0.344. The van der Waals surface area contributed by atoms with Gasteiger partial charge in [0.15, 0.2) is 0 Å². The van der Waals surface area contributed by atoms with E-state index < -0.39 is 0 Å². The second kappa shape index (κ2) is 3.00. The number of hydrogen-bond acceptors (Lipinski definition) is 2. The minimum Gasteiger partial charge on any atom is -0.312 e. The van der Waals surface area contributed by atoms with Crippen molar-refractivity contribution in [3.05, 3.63) is 0 Å². The zero-order chi connectivity index (χ0) is 8.60. The van der Waals surface area contributed by atoms with E-state index in [9.17, 15) is 0 Å². The fraction of sp³-hybridized carbons (Fsp3) is 1.00.